The molecular formula is C50H82Na2O13. The van der Waals surface area contributed by atoms with Crippen molar-refractivity contribution in [1.82, 2.24) is 0 Å². The number of aliphatic hydroxyl groups is 5. The van der Waals surface area contributed by atoms with E-state index in [9.17, 15) is 35.1 Å². The van der Waals surface area contributed by atoms with Gasteiger partial charge >= 0.3 is 65.1 Å². The van der Waals surface area contributed by atoms with E-state index >= 15 is 0 Å². The molecule has 0 saturated heterocycles. The number of fused-ring (bicyclic) bond motifs is 4. The van der Waals surface area contributed by atoms with Gasteiger partial charge in [-0.3, -0.25) is 0 Å². The van der Waals surface area contributed by atoms with Gasteiger partial charge in [-0.05, 0) is 154 Å². The Morgan fingerprint density at radius 2 is 1.09 bits per heavy atom. The number of aliphatic hydroxyl groups excluding tert-OH is 5. The van der Waals surface area contributed by atoms with Crippen molar-refractivity contribution in [2.75, 3.05) is 26.9 Å². The predicted octanol–water partition coefficient (Wildman–Crippen LogP) is -0.439. The van der Waals surface area contributed by atoms with Crippen molar-refractivity contribution in [2.45, 2.75) is 168 Å². The molecule has 13 nitrogen and oxygen atoms in total. The van der Waals surface area contributed by atoms with E-state index in [0.29, 0.717) is 36.0 Å². The van der Waals surface area contributed by atoms with Crippen LogP contribution in [0.3, 0.4) is 0 Å². The summed E-state index contributed by atoms with van der Waals surface area (Å²) in [5.74, 6) is 2.00. The Hall–Kier alpha value is -1.30. The monoisotopic (exact) mass is 937 g/mol. The number of hydrogen-bond donors (Lipinski definition) is 5. The minimum atomic E-state index is -1.22. The van der Waals surface area contributed by atoms with Gasteiger partial charge in [0.25, 0.3) is 0 Å². The summed E-state index contributed by atoms with van der Waals surface area (Å²) < 4.78 is 16.2. The number of carbonyl (C=O) groups is 2. The molecule has 2 fully saturated rings. The molecular weight excluding hydrogens is 855 g/mol. The first kappa shape index (κ1) is 65.8. The van der Waals surface area contributed by atoms with Crippen LogP contribution in [-0.2, 0) is 40.0 Å². The maximum atomic E-state index is 11.7. The first-order valence-electron chi connectivity index (χ1n) is 23.0. The molecule has 15 heteroatoms. The molecule has 10 atom stereocenters. The SMILES string of the molecule is C.CCCCC[C@H](O)CC[C@@H]1[C@H]2Cc3cccc(OCC(=O)OCC)c3C[C@H]2C[C@H]1O.CCCCC[C@H](O)CC[C@@H]1[C@H]2Cc3cccc(OCC(=O)[O-])c3C[C@H]2C[C@H]1O.CO.O.[Na+].[Na+].[OH-]. The van der Waals surface area contributed by atoms with Crippen LogP contribution in [0.2, 0.25) is 0 Å². The normalized spacial score (nSPS) is 23.8. The number of carboxylic acids is 1. The average molecular weight is 937 g/mol. The Morgan fingerprint density at radius 3 is 1.48 bits per heavy atom. The van der Waals surface area contributed by atoms with Gasteiger partial charge in [0.2, 0.25) is 0 Å². The zero-order valence-corrected chi connectivity index (χ0v) is 43.7. The molecule has 0 heterocycles. The van der Waals surface area contributed by atoms with Crippen LogP contribution >= 0.6 is 0 Å². The molecule has 362 valence electrons. The van der Waals surface area contributed by atoms with Crippen LogP contribution in [0.25, 0.3) is 0 Å². The van der Waals surface area contributed by atoms with Crippen LogP contribution in [-0.4, -0.2) is 99.8 Å². The van der Waals surface area contributed by atoms with Gasteiger partial charge in [0.15, 0.2) is 6.61 Å². The van der Waals surface area contributed by atoms with Crippen molar-refractivity contribution in [3.63, 3.8) is 0 Å². The van der Waals surface area contributed by atoms with Crippen LogP contribution in [0.5, 0.6) is 11.5 Å². The fourth-order valence-corrected chi connectivity index (χ4v) is 10.7. The Kier molecular flexibility index (Phi) is 35.3. The van der Waals surface area contributed by atoms with Gasteiger partial charge in [-0.15, -0.1) is 0 Å². The third kappa shape index (κ3) is 19.9. The molecule has 2 saturated carbocycles. The van der Waals surface area contributed by atoms with E-state index in [2.05, 4.69) is 26.0 Å². The molecule has 4 aliphatic carbocycles. The van der Waals surface area contributed by atoms with E-state index in [1.54, 1.807) is 6.92 Å². The van der Waals surface area contributed by atoms with Gasteiger partial charge in [0, 0.05) is 7.11 Å². The van der Waals surface area contributed by atoms with Gasteiger partial charge in [0.1, 0.15) is 18.1 Å². The summed E-state index contributed by atoms with van der Waals surface area (Å²) in [6.45, 7) is 5.97. The Bertz CT molecular complexity index is 1600. The second kappa shape index (κ2) is 34.9. The minimum absolute atomic E-state index is 0. The molecule has 0 unspecified atom stereocenters. The van der Waals surface area contributed by atoms with Crippen LogP contribution in [0.1, 0.15) is 140 Å². The smallest absolute Gasteiger partial charge is 0.870 e. The number of carboxylic acid groups (broad SMARTS) is 1. The van der Waals surface area contributed by atoms with Crippen molar-refractivity contribution < 1.29 is 125 Å². The number of rotatable bonds is 21. The fraction of sp³-hybridized carbons (Fsp3) is 0.720. The molecule has 2 aromatic carbocycles. The number of esters is 1. The molecule has 0 spiro atoms. The summed E-state index contributed by atoms with van der Waals surface area (Å²) in [6, 6.07) is 11.9. The number of benzene rings is 2. The zero-order valence-electron chi connectivity index (χ0n) is 39.7. The number of aliphatic carboxylic acids is 1. The molecule has 8 N–H and O–H groups in total. The second-order valence-electron chi connectivity index (χ2n) is 17.6. The van der Waals surface area contributed by atoms with Gasteiger partial charge in [0.05, 0.1) is 37.0 Å². The zero-order chi connectivity index (χ0) is 43.6. The quantitative estimate of drug-likeness (QED) is 0.0608. The molecule has 4 aliphatic rings. The first-order chi connectivity index (χ1) is 29.0. The van der Waals surface area contributed by atoms with E-state index in [0.717, 1.165) is 121 Å². The molecule has 65 heavy (non-hydrogen) atoms. The third-order valence-electron chi connectivity index (χ3n) is 13.6. The third-order valence-corrected chi connectivity index (χ3v) is 13.6. The molecule has 6 rings (SSSR count). The molecule has 0 radical (unpaired) electrons. The van der Waals surface area contributed by atoms with Crippen molar-refractivity contribution >= 4 is 11.9 Å². The summed E-state index contributed by atoms with van der Waals surface area (Å²) in [4.78, 5) is 22.4. The molecule has 0 aromatic heterocycles. The van der Waals surface area contributed by atoms with E-state index in [1.807, 2.05) is 24.3 Å². The van der Waals surface area contributed by atoms with Gasteiger partial charge in [-0.2, -0.15) is 0 Å². The Balaban J connectivity index is 0. The maximum Gasteiger partial charge on any atom is 1.00 e. The van der Waals surface area contributed by atoms with Crippen LogP contribution < -0.4 is 73.7 Å². The van der Waals surface area contributed by atoms with Crippen molar-refractivity contribution in [3.05, 3.63) is 58.7 Å². The largest absolute Gasteiger partial charge is 1.00 e. The number of hydrogen-bond acceptors (Lipinski definition) is 12. The number of carbonyl (C=O) groups excluding carboxylic acids is 2. The standard InChI is InChI=1S/C25H38O5.C23H34O5.CH4O.CH4.2Na.2H2O/c1-3-5-6-9-19(26)11-12-20-21-13-17-8-7-10-24(30-16-25(28)29-4-2)22(17)14-18(21)15-23(20)27;1-2-3-4-7-17(24)9-10-18-19-11-15-6-5-8-22(28-14-23(26)27)20(15)12-16(19)13-21(18)25;1-2;;;;;/h7-8,10,18-21,23,26-27H,3-6,9,11-16H2,1-2H3;5-6,8,16-19,21,24-25H,2-4,7,9-14H2,1H3,(H,26,27);2H,1H3;1H4;;;2*1H2/q;;;;2*+1;;/p-2/t18-,19-,20+,21-,23+;16-,17-,18+,19-,21+;;;;;;/m00....../s1. The van der Waals surface area contributed by atoms with Crippen molar-refractivity contribution in [1.29, 1.82) is 0 Å². The van der Waals surface area contributed by atoms with E-state index in [-0.39, 0.29) is 126 Å². The van der Waals surface area contributed by atoms with Crippen LogP contribution in [0.4, 0.5) is 0 Å². The summed E-state index contributed by atoms with van der Waals surface area (Å²) in [6.07, 6.45) is 15.8. The predicted molar refractivity (Wildman–Crippen MR) is 242 cm³/mol. The average Bonchev–Trinajstić information content (AvgIpc) is 3.72. The molecule has 0 aliphatic heterocycles. The topological polar surface area (TPSA) is 248 Å². The van der Waals surface area contributed by atoms with Crippen molar-refractivity contribution in [3.8, 4) is 11.5 Å². The van der Waals surface area contributed by atoms with E-state index in [1.165, 1.54) is 29.5 Å². The molecule has 0 amide bonds. The van der Waals surface area contributed by atoms with Gasteiger partial charge in [-0.1, -0.05) is 84.1 Å². The van der Waals surface area contributed by atoms with E-state index < -0.39 is 12.6 Å². The van der Waals surface area contributed by atoms with Crippen LogP contribution in [0, 0.1) is 35.5 Å². The Morgan fingerprint density at radius 1 is 0.677 bits per heavy atom. The Labute approximate surface area is 434 Å². The molecule has 2 aromatic rings. The minimum Gasteiger partial charge on any atom is -0.870 e. The summed E-state index contributed by atoms with van der Waals surface area (Å²) >= 11 is 0. The first-order valence-corrected chi connectivity index (χ1v) is 23.0. The summed E-state index contributed by atoms with van der Waals surface area (Å²) in [5, 5.41) is 59.7. The number of ether oxygens (including phenoxy) is 3. The summed E-state index contributed by atoms with van der Waals surface area (Å²) in [5.41, 5.74) is 4.72. The van der Waals surface area contributed by atoms with Gasteiger partial charge in [-0.25, -0.2) is 4.79 Å². The van der Waals surface area contributed by atoms with E-state index in [4.69, 9.17) is 19.3 Å². The number of unbranched alkanes of at least 4 members (excludes halogenated alkanes) is 4. The molecule has 0 bridgehead atoms. The second-order valence-corrected chi connectivity index (χ2v) is 17.6. The van der Waals surface area contributed by atoms with Crippen molar-refractivity contribution in [2.24, 2.45) is 35.5 Å². The maximum absolute atomic E-state index is 11.7. The summed E-state index contributed by atoms with van der Waals surface area (Å²) in [7, 11) is 1.00. The van der Waals surface area contributed by atoms with Crippen LogP contribution in [0.15, 0.2) is 36.4 Å². The fourth-order valence-electron chi connectivity index (χ4n) is 10.7. The van der Waals surface area contributed by atoms with Gasteiger partial charge < -0.3 is 60.6 Å².